The van der Waals surface area contributed by atoms with Gasteiger partial charge in [-0.1, -0.05) is 29.4 Å². The van der Waals surface area contributed by atoms with Crippen molar-refractivity contribution in [3.05, 3.63) is 59.5 Å². The quantitative estimate of drug-likeness (QED) is 0.437. The number of piperidine rings is 1. The number of aromatic nitrogens is 7. The largest absolute Gasteiger partial charge is 0.402 e. The summed E-state index contributed by atoms with van der Waals surface area (Å²) in [6.45, 7) is 2.07. The van der Waals surface area contributed by atoms with Crippen LogP contribution >= 0.6 is 0 Å². The fourth-order valence-corrected chi connectivity index (χ4v) is 4.46. The van der Waals surface area contributed by atoms with E-state index in [0.717, 1.165) is 24.3 Å². The summed E-state index contributed by atoms with van der Waals surface area (Å²) >= 11 is 0. The van der Waals surface area contributed by atoms with Gasteiger partial charge >= 0.3 is 6.01 Å². The van der Waals surface area contributed by atoms with E-state index >= 15 is 0 Å². The third kappa shape index (κ3) is 3.77. The van der Waals surface area contributed by atoms with Crippen LogP contribution in [0.15, 0.2) is 47.1 Å². The van der Waals surface area contributed by atoms with Gasteiger partial charge in [-0.3, -0.25) is 0 Å². The van der Waals surface area contributed by atoms with E-state index in [2.05, 4.69) is 45.8 Å². The fraction of sp³-hybridized carbons (Fsp3) is 0.333. The third-order valence-electron chi connectivity index (χ3n) is 6.21. The zero-order valence-corrected chi connectivity index (χ0v) is 17.3. The smallest absolute Gasteiger partial charge is 0.318 e. The molecular formula is C21H19F2N9O. The summed E-state index contributed by atoms with van der Waals surface area (Å²) in [4.78, 5) is 10.7. The molecule has 0 amide bonds. The van der Waals surface area contributed by atoms with Crippen LogP contribution in [0.4, 0.5) is 20.7 Å². The van der Waals surface area contributed by atoms with E-state index in [1.807, 2.05) is 0 Å². The van der Waals surface area contributed by atoms with Gasteiger partial charge in [0.2, 0.25) is 5.95 Å². The molecule has 1 aliphatic heterocycles. The molecule has 3 aromatic heterocycles. The molecule has 33 heavy (non-hydrogen) atoms. The number of benzene rings is 1. The van der Waals surface area contributed by atoms with Gasteiger partial charge in [-0.25, -0.2) is 18.7 Å². The highest BCUT2D eigenvalue weighted by Gasteiger charge is 2.58. The second kappa shape index (κ2) is 7.87. The standard InChI is InChI=1S/C21H19F2N9O/c22-18(23)12-3-1-11(2-4-12)7-25-20-24-6-5-15(27-20)19-29-30-21(33-19)32-9-13-14(10-32)17(13)16-8-26-31-28-16/h1-6,8,13-14,17-18H,7,9-10H2,(H,24,25,27)(H,26,28,31). The molecule has 0 bridgehead atoms. The SMILES string of the molecule is FC(F)c1ccc(CNc2nccc(-c3nnc(N4CC5C(C4)C5c4cn[nH]n4)o3)n2)cc1. The Balaban J connectivity index is 1.09. The van der Waals surface area contributed by atoms with Gasteiger partial charge in [-0.15, -0.1) is 5.10 Å². The molecule has 2 atom stereocenters. The number of alkyl halides is 2. The first kappa shape index (κ1) is 19.7. The van der Waals surface area contributed by atoms with Crippen LogP contribution in [0, 0.1) is 11.8 Å². The van der Waals surface area contributed by atoms with Gasteiger partial charge in [0.15, 0.2) is 0 Å². The zero-order valence-electron chi connectivity index (χ0n) is 17.3. The molecule has 0 spiro atoms. The van der Waals surface area contributed by atoms with Gasteiger partial charge in [0.25, 0.3) is 12.3 Å². The number of rotatable bonds is 7. The second-order valence-corrected chi connectivity index (χ2v) is 8.20. The van der Waals surface area contributed by atoms with Gasteiger partial charge in [0.05, 0.1) is 11.9 Å². The Morgan fingerprint density at radius 1 is 1.12 bits per heavy atom. The number of halogens is 2. The number of H-pyrrole nitrogens is 1. The highest BCUT2D eigenvalue weighted by atomic mass is 19.3. The van der Waals surface area contributed by atoms with Crippen LogP contribution < -0.4 is 10.2 Å². The Hall–Kier alpha value is -3.96. The lowest BCUT2D eigenvalue weighted by Crippen LogP contribution is -2.23. The molecule has 4 aromatic rings. The van der Waals surface area contributed by atoms with Gasteiger partial charge in [-0.2, -0.15) is 15.4 Å². The predicted molar refractivity (Wildman–Crippen MR) is 112 cm³/mol. The topological polar surface area (TPSA) is 122 Å². The summed E-state index contributed by atoms with van der Waals surface area (Å²) in [5.74, 6) is 2.18. The highest BCUT2D eigenvalue weighted by molar-refractivity contribution is 5.50. The molecule has 6 rings (SSSR count). The Bertz CT molecular complexity index is 1230. The van der Waals surface area contributed by atoms with E-state index in [9.17, 15) is 8.78 Å². The molecule has 2 unspecified atom stereocenters. The second-order valence-electron chi connectivity index (χ2n) is 8.20. The molecule has 2 fully saturated rings. The van der Waals surface area contributed by atoms with Crippen LogP contribution in [0.25, 0.3) is 11.6 Å². The van der Waals surface area contributed by atoms with Crippen LogP contribution in [0.3, 0.4) is 0 Å². The lowest BCUT2D eigenvalue weighted by atomic mass is 10.1. The van der Waals surface area contributed by atoms with Gasteiger partial charge in [0.1, 0.15) is 5.69 Å². The van der Waals surface area contributed by atoms with Crippen molar-refractivity contribution in [2.24, 2.45) is 11.8 Å². The molecule has 1 aliphatic carbocycles. The van der Waals surface area contributed by atoms with Crippen molar-refractivity contribution in [1.29, 1.82) is 0 Å². The third-order valence-corrected chi connectivity index (χ3v) is 6.21. The van der Waals surface area contributed by atoms with Crippen molar-refractivity contribution in [2.75, 3.05) is 23.3 Å². The predicted octanol–water partition coefficient (Wildman–Crippen LogP) is 3.04. The molecule has 12 heteroatoms. The molecule has 1 saturated carbocycles. The molecular weight excluding hydrogens is 432 g/mol. The summed E-state index contributed by atoms with van der Waals surface area (Å²) in [6.07, 6.45) is 0.909. The van der Waals surface area contributed by atoms with E-state index in [-0.39, 0.29) is 5.56 Å². The molecule has 2 N–H and O–H groups in total. The van der Waals surface area contributed by atoms with Crippen LogP contribution in [-0.4, -0.2) is 48.7 Å². The monoisotopic (exact) mass is 451 g/mol. The molecule has 1 aromatic carbocycles. The van der Waals surface area contributed by atoms with Crippen LogP contribution in [-0.2, 0) is 6.54 Å². The van der Waals surface area contributed by atoms with Crippen molar-refractivity contribution in [1.82, 2.24) is 35.6 Å². The minimum absolute atomic E-state index is 0.00633. The van der Waals surface area contributed by atoms with Gasteiger partial charge in [-0.05, 0) is 23.5 Å². The fourth-order valence-electron chi connectivity index (χ4n) is 4.46. The van der Waals surface area contributed by atoms with Crippen LogP contribution in [0.2, 0.25) is 0 Å². The average Bonchev–Trinajstić information content (AvgIpc) is 3.38. The lowest BCUT2D eigenvalue weighted by molar-refractivity contribution is 0.151. The van der Waals surface area contributed by atoms with E-state index in [1.165, 1.54) is 12.1 Å². The normalized spacial score (nSPS) is 21.4. The van der Waals surface area contributed by atoms with Crippen LogP contribution in [0.1, 0.15) is 29.2 Å². The number of nitrogens with zero attached hydrogens (tertiary/aromatic N) is 7. The summed E-state index contributed by atoms with van der Waals surface area (Å²) in [7, 11) is 0. The lowest BCUT2D eigenvalue weighted by Gasteiger charge is -2.15. The van der Waals surface area contributed by atoms with Gasteiger partial charge in [0, 0.05) is 37.3 Å². The molecule has 2 aliphatic rings. The Kier molecular flexibility index (Phi) is 4.70. The van der Waals surface area contributed by atoms with E-state index in [4.69, 9.17) is 4.42 Å². The maximum Gasteiger partial charge on any atom is 0.318 e. The van der Waals surface area contributed by atoms with E-state index in [0.29, 0.717) is 47.8 Å². The Morgan fingerprint density at radius 2 is 1.94 bits per heavy atom. The summed E-state index contributed by atoms with van der Waals surface area (Å²) in [5, 5.41) is 22.2. The number of aromatic amines is 1. The average molecular weight is 451 g/mol. The minimum Gasteiger partial charge on any atom is -0.402 e. The summed E-state index contributed by atoms with van der Waals surface area (Å²) in [6, 6.07) is 8.29. The first-order valence-electron chi connectivity index (χ1n) is 10.5. The Morgan fingerprint density at radius 3 is 2.67 bits per heavy atom. The highest BCUT2D eigenvalue weighted by Crippen LogP contribution is 2.58. The molecule has 0 radical (unpaired) electrons. The van der Waals surface area contributed by atoms with Crippen molar-refractivity contribution in [3.63, 3.8) is 0 Å². The molecule has 1 saturated heterocycles. The number of hydrogen-bond donors (Lipinski definition) is 2. The zero-order chi connectivity index (χ0) is 22.4. The van der Waals surface area contributed by atoms with Crippen molar-refractivity contribution in [2.45, 2.75) is 18.9 Å². The van der Waals surface area contributed by atoms with E-state index in [1.54, 1.807) is 30.6 Å². The van der Waals surface area contributed by atoms with Crippen LogP contribution in [0.5, 0.6) is 0 Å². The van der Waals surface area contributed by atoms with Gasteiger partial charge < -0.3 is 14.6 Å². The molecule has 4 heterocycles. The first-order chi connectivity index (χ1) is 16.2. The number of fused-ring (bicyclic) bond motifs is 1. The number of nitrogens with one attached hydrogen (secondary N) is 2. The van der Waals surface area contributed by atoms with Crippen molar-refractivity contribution < 1.29 is 13.2 Å². The minimum atomic E-state index is -2.48. The first-order valence-corrected chi connectivity index (χ1v) is 10.5. The molecule has 10 nitrogen and oxygen atoms in total. The molecule has 168 valence electrons. The maximum absolute atomic E-state index is 12.7. The van der Waals surface area contributed by atoms with Crippen molar-refractivity contribution in [3.8, 4) is 11.6 Å². The summed E-state index contributed by atoms with van der Waals surface area (Å²) < 4.78 is 31.3. The van der Waals surface area contributed by atoms with E-state index < -0.39 is 6.43 Å². The summed E-state index contributed by atoms with van der Waals surface area (Å²) in [5.41, 5.74) is 2.35. The maximum atomic E-state index is 12.7. The number of hydrogen-bond acceptors (Lipinski definition) is 9. The van der Waals surface area contributed by atoms with Crippen molar-refractivity contribution >= 4 is 12.0 Å². The number of anilines is 2. The Labute approximate surface area is 186 Å².